The third-order valence-electron chi connectivity index (χ3n) is 6.40. The van der Waals surface area contributed by atoms with Crippen molar-refractivity contribution < 1.29 is 9.50 Å². The number of rotatable bonds is 6. The molecule has 1 aromatic carbocycles. The second-order valence-corrected chi connectivity index (χ2v) is 8.76. The standard InChI is InChI=1S/C26H27FN6O/c1-17(18-7-10-32(2)11-8-18)23-5-3-19-15-28-26(14-25(19)29-23)30-24-6-4-21(13-22(24)27)33-12-9-20(16-34)31-33/h3-6,9,12-15,18,34H,1,7-8,10-11,16H2,2H3,(H,28,30). The number of nitrogens with one attached hydrogen (secondary N) is 1. The fourth-order valence-corrected chi connectivity index (χ4v) is 4.31. The fraction of sp³-hybridized carbons (Fsp3) is 0.269. The summed E-state index contributed by atoms with van der Waals surface area (Å²) in [5.41, 5.74) is 4.15. The van der Waals surface area contributed by atoms with Crippen LogP contribution in [0.15, 0.2) is 61.4 Å². The molecule has 0 aliphatic carbocycles. The lowest BCUT2D eigenvalue weighted by atomic mass is 9.88. The Balaban J connectivity index is 1.36. The molecule has 1 saturated heterocycles. The molecule has 1 fully saturated rings. The van der Waals surface area contributed by atoms with Crippen LogP contribution in [0.1, 0.15) is 24.2 Å². The zero-order valence-corrected chi connectivity index (χ0v) is 19.1. The summed E-state index contributed by atoms with van der Waals surface area (Å²) in [5.74, 6) is 0.518. The van der Waals surface area contributed by atoms with Crippen LogP contribution in [0, 0.1) is 11.7 Å². The Morgan fingerprint density at radius 1 is 1.18 bits per heavy atom. The first kappa shape index (κ1) is 22.2. The van der Waals surface area contributed by atoms with Crippen molar-refractivity contribution in [2.24, 2.45) is 5.92 Å². The number of aromatic nitrogens is 4. The Labute approximate surface area is 197 Å². The number of piperidine rings is 1. The molecule has 4 aromatic rings. The van der Waals surface area contributed by atoms with E-state index in [0.717, 1.165) is 48.1 Å². The van der Waals surface area contributed by atoms with Gasteiger partial charge in [0.15, 0.2) is 0 Å². The summed E-state index contributed by atoms with van der Waals surface area (Å²) in [7, 11) is 2.15. The van der Waals surface area contributed by atoms with Crippen molar-refractivity contribution in [1.82, 2.24) is 24.6 Å². The lowest BCUT2D eigenvalue weighted by Gasteiger charge is -2.30. The van der Waals surface area contributed by atoms with E-state index in [1.165, 1.54) is 10.7 Å². The van der Waals surface area contributed by atoms with Gasteiger partial charge in [-0.05, 0) is 74.8 Å². The van der Waals surface area contributed by atoms with Crippen LogP contribution >= 0.6 is 0 Å². The molecule has 4 heterocycles. The van der Waals surface area contributed by atoms with Crippen LogP contribution in [-0.2, 0) is 6.61 Å². The molecule has 174 valence electrons. The molecular weight excluding hydrogens is 431 g/mol. The Hall–Kier alpha value is -3.62. The molecule has 7 nitrogen and oxygen atoms in total. The number of likely N-dealkylation sites (tertiary alicyclic amines) is 1. The van der Waals surface area contributed by atoms with Crippen molar-refractivity contribution >= 4 is 28.0 Å². The number of allylic oxidation sites excluding steroid dienone is 1. The Kier molecular flexibility index (Phi) is 6.08. The molecule has 0 spiro atoms. The SMILES string of the molecule is C=C(c1ccc2cnc(Nc3ccc(-n4ccc(CO)n4)cc3F)cc2n1)C1CCN(C)CC1. The van der Waals surface area contributed by atoms with Crippen LogP contribution < -0.4 is 5.32 Å². The van der Waals surface area contributed by atoms with Gasteiger partial charge in [0.2, 0.25) is 0 Å². The van der Waals surface area contributed by atoms with Crippen molar-refractivity contribution in [3.05, 3.63) is 78.6 Å². The van der Waals surface area contributed by atoms with E-state index in [1.54, 1.807) is 30.6 Å². The first-order chi connectivity index (χ1) is 16.5. The van der Waals surface area contributed by atoms with Crippen LogP contribution in [0.25, 0.3) is 22.2 Å². The maximum atomic E-state index is 14.8. The third-order valence-corrected chi connectivity index (χ3v) is 6.40. The van der Waals surface area contributed by atoms with E-state index in [-0.39, 0.29) is 6.61 Å². The third kappa shape index (κ3) is 4.55. The molecule has 0 bridgehead atoms. The second kappa shape index (κ2) is 9.32. The zero-order chi connectivity index (χ0) is 23.7. The highest BCUT2D eigenvalue weighted by Crippen LogP contribution is 2.30. The lowest BCUT2D eigenvalue weighted by molar-refractivity contribution is 0.248. The van der Waals surface area contributed by atoms with Crippen LogP contribution in [0.2, 0.25) is 0 Å². The Morgan fingerprint density at radius 3 is 2.74 bits per heavy atom. The molecule has 8 heteroatoms. The van der Waals surface area contributed by atoms with E-state index < -0.39 is 5.82 Å². The average Bonchev–Trinajstić information content (AvgIpc) is 3.34. The number of hydrogen-bond donors (Lipinski definition) is 2. The lowest BCUT2D eigenvalue weighted by Crippen LogP contribution is -2.30. The highest BCUT2D eigenvalue weighted by atomic mass is 19.1. The quantitative estimate of drug-likeness (QED) is 0.442. The number of halogens is 1. The van der Waals surface area contributed by atoms with Gasteiger partial charge in [-0.3, -0.25) is 0 Å². The molecule has 0 amide bonds. The van der Waals surface area contributed by atoms with Crippen LogP contribution in [0.3, 0.4) is 0 Å². The highest BCUT2D eigenvalue weighted by molar-refractivity contribution is 5.83. The normalized spacial score (nSPS) is 15.0. The monoisotopic (exact) mass is 458 g/mol. The van der Waals surface area contributed by atoms with Crippen LogP contribution in [0.4, 0.5) is 15.9 Å². The number of benzene rings is 1. The number of aliphatic hydroxyl groups excluding tert-OH is 1. The van der Waals surface area contributed by atoms with Gasteiger partial charge in [0.1, 0.15) is 11.6 Å². The maximum absolute atomic E-state index is 14.8. The van der Waals surface area contributed by atoms with E-state index in [2.05, 4.69) is 33.9 Å². The summed E-state index contributed by atoms with van der Waals surface area (Å²) in [6.07, 6.45) is 5.60. The second-order valence-electron chi connectivity index (χ2n) is 8.76. The van der Waals surface area contributed by atoms with E-state index in [1.807, 2.05) is 18.2 Å². The first-order valence-corrected chi connectivity index (χ1v) is 11.4. The predicted octanol–water partition coefficient (Wildman–Crippen LogP) is 4.55. The van der Waals surface area contributed by atoms with Crippen molar-refractivity contribution in [2.45, 2.75) is 19.4 Å². The Morgan fingerprint density at radius 2 is 2.00 bits per heavy atom. The summed E-state index contributed by atoms with van der Waals surface area (Å²) < 4.78 is 16.3. The average molecular weight is 459 g/mol. The van der Waals surface area contributed by atoms with Gasteiger partial charge in [0.05, 0.1) is 34.9 Å². The molecular formula is C26H27FN6O. The minimum absolute atomic E-state index is 0.163. The first-order valence-electron chi connectivity index (χ1n) is 11.4. The molecule has 0 radical (unpaired) electrons. The summed E-state index contributed by atoms with van der Waals surface area (Å²) in [6.45, 7) is 6.32. The van der Waals surface area contributed by atoms with Gasteiger partial charge in [0.25, 0.3) is 0 Å². The van der Waals surface area contributed by atoms with Crippen molar-refractivity contribution in [1.29, 1.82) is 0 Å². The number of pyridine rings is 2. The minimum atomic E-state index is -0.433. The molecule has 0 unspecified atom stereocenters. The van der Waals surface area contributed by atoms with Gasteiger partial charge in [-0.1, -0.05) is 6.58 Å². The molecule has 0 saturated carbocycles. The van der Waals surface area contributed by atoms with Crippen molar-refractivity contribution in [2.75, 3.05) is 25.5 Å². The summed E-state index contributed by atoms with van der Waals surface area (Å²) >= 11 is 0. The van der Waals surface area contributed by atoms with Crippen molar-refractivity contribution in [3.8, 4) is 5.69 Å². The smallest absolute Gasteiger partial charge is 0.148 e. The summed E-state index contributed by atoms with van der Waals surface area (Å²) in [4.78, 5) is 11.6. The van der Waals surface area contributed by atoms with E-state index >= 15 is 0 Å². The molecule has 3 aromatic heterocycles. The number of fused-ring (bicyclic) bond motifs is 1. The van der Waals surface area contributed by atoms with Gasteiger partial charge in [-0.2, -0.15) is 5.10 Å². The van der Waals surface area contributed by atoms with Gasteiger partial charge >= 0.3 is 0 Å². The number of anilines is 2. The maximum Gasteiger partial charge on any atom is 0.148 e. The highest BCUT2D eigenvalue weighted by Gasteiger charge is 2.21. The van der Waals surface area contributed by atoms with Crippen LogP contribution in [0.5, 0.6) is 0 Å². The molecule has 0 atom stereocenters. The van der Waals surface area contributed by atoms with Crippen molar-refractivity contribution in [3.63, 3.8) is 0 Å². The van der Waals surface area contributed by atoms with Gasteiger partial charge in [-0.15, -0.1) is 0 Å². The molecule has 34 heavy (non-hydrogen) atoms. The number of aliphatic hydroxyl groups is 1. The Bertz CT molecular complexity index is 1340. The van der Waals surface area contributed by atoms with Gasteiger partial charge < -0.3 is 15.3 Å². The minimum Gasteiger partial charge on any atom is -0.390 e. The summed E-state index contributed by atoms with van der Waals surface area (Å²) in [5, 5.41) is 17.3. The van der Waals surface area contributed by atoms with Crippen LogP contribution in [-0.4, -0.2) is 49.9 Å². The van der Waals surface area contributed by atoms with E-state index in [0.29, 0.717) is 28.8 Å². The van der Waals surface area contributed by atoms with E-state index in [4.69, 9.17) is 4.98 Å². The topological polar surface area (TPSA) is 79.1 Å². The molecule has 1 aliphatic heterocycles. The molecule has 2 N–H and O–H groups in total. The fourth-order valence-electron chi connectivity index (χ4n) is 4.31. The zero-order valence-electron chi connectivity index (χ0n) is 19.1. The number of nitrogens with zero attached hydrogens (tertiary/aromatic N) is 5. The van der Waals surface area contributed by atoms with Gasteiger partial charge in [0, 0.05) is 29.9 Å². The number of hydrogen-bond acceptors (Lipinski definition) is 6. The van der Waals surface area contributed by atoms with Gasteiger partial charge in [-0.25, -0.2) is 19.0 Å². The molecule has 1 aliphatic rings. The largest absolute Gasteiger partial charge is 0.390 e. The van der Waals surface area contributed by atoms with E-state index in [9.17, 15) is 9.50 Å². The predicted molar refractivity (Wildman–Crippen MR) is 132 cm³/mol. The molecule has 5 rings (SSSR count). The summed E-state index contributed by atoms with van der Waals surface area (Å²) in [6, 6.07) is 12.3.